The van der Waals surface area contributed by atoms with E-state index in [0.717, 1.165) is 28.1 Å². The number of halogens is 1. The lowest BCUT2D eigenvalue weighted by Crippen LogP contribution is -2.48. The van der Waals surface area contributed by atoms with Gasteiger partial charge in [-0.15, -0.1) is 22.6 Å². The smallest absolute Gasteiger partial charge is 0.250 e. The third-order valence-corrected chi connectivity index (χ3v) is 4.63. The summed E-state index contributed by atoms with van der Waals surface area (Å²) in [4.78, 5) is 11.7. The molecule has 1 amide bonds. The first-order valence-electron chi connectivity index (χ1n) is 6.28. The first-order valence-corrected chi connectivity index (χ1v) is 8.09. The molecule has 1 fully saturated rings. The molecule has 0 aromatic carbocycles. The van der Waals surface area contributed by atoms with Crippen molar-refractivity contribution >= 4 is 41.4 Å². The number of aromatic nitrogens is 2. The first kappa shape index (κ1) is 17.6. The van der Waals surface area contributed by atoms with Crippen molar-refractivity contribution in [3.05, 3.63) is 5.01 Å². The van der Waals surface area contributed by atoms with Crippen LogP contribution in [0.25, 0.3) is 0 Å². The minimum Gasteiger partial charge on any atom is -0.366 e. The van der Waals surface area contributed by atoms with Crippen molar-refractivity contribution in [2.75, 3.05) is 32.0 Å². The molecule has 114 valence electrons. The normalized spacial score (nSPS) is 18.4. The SMILES string of the molecule is Cc1nnc(SCCCNC(=O)C2CNCCO2)s1.Cl. The summed E-state index contributed by atoms with van der Waals surface area (Å²) in [5.41, 5.74) is 0. The molecular formula is C11H19ClN4O2S2. The maximum absolute atomic E-state index is 11.7. The predicted octanol–water partition coefficient (Wildman–Crippen LogP) is 0.855. The molecule has 2 N–H and O–H groups in total. The molecule has 9 heteroatoms. The molecule has 1 aromatic heterocycles. The van der Waals surface area contributed by atoms with Gasteiger partial charge in [-0.1, -0.05) is 23.1 Å². The largest absolute Gasteiger partial charge is 0.366 e. The number of morpholine rings is 1. The summed E-state index contributed by atoms with van der Waals surface area (Å²) in [6, 6.07) is 0. The van der Waals surface area contributed by atoms with Crippen LogP contribution in [0.15, 0.2) is 4.34 Å². The average Bonchev–Trinajstić information content (AvgIpc) is 2.85. The van der Waals surface area contributed by atoms with Crippen molar-refractivity contribution in [2.45, 2.75) is 23.8 Å². The van der Waals surface area contributed by atoms with E-state index in [4.69, 9.17) is 4.74 Å². The second-order valence-corrected chi connectivity index (χ2v) is 6.67. The molecule has 1 unspecified atom stereocenters. The van der Waals surface area contributed by atoms with Crippen LogP contribution in [0.2, 0.25) is 0 Å². The zero-order valence-corrected chi connectivity index (χ0v) is 13.7. The van der Waals surface area contributed by atoms with E-state index >= 15 is 0 Å². The van der Waals surface area contributed by atoms with E-state index in [1.165, 1.54) is 0 Å². The average molecular weight is 339 g/mol. The van der Waals surface area contributed by atoms with Crippen LogP contribution in [0.1, 0.15) is 11.4 Å². The summed E-state index contributed by atoms with van der Waals surface area (Å²) in [7, 11) is 0. The number of carbonyl (C=O) groups is 1. The van der Waals surface area contributed by atoms with Gasteiger partial charge in [-0.25, -0.2) is 0 Å². The summed E-state index contributed by atoms with van der Waals surface area (Å²) >= 11 is 3.28. The van der Waals surface area contributed by atoms with Crippen molar-refractivity contribution in [3.63, 3.8) is 0 Å². The lowest BCUT2D eigenvalue weighted by atomic mass is 10.3. The van der Waals surface area contributed by atoms with Crippen molar-refractivity contribution in [1.82, 2.24) is 20.8 Å². The fourth-order valence-electron chi connectivity index (χ4n) is 1.63. The number of nitrogens with zero attached hydrogens (tertiary/aromatic N) is 2. The van der Waals surface area contributed by atoms with Crippen molar-refractivity contribution in [1.29, 1.82) is 0 Å². The standard InChI is InChI=1S/C11H18N4O2S2.ClH/c1-8-14-15-11(19-8)18-6-2-3-13-10(16)9-7-12-4-5-17-9;/h9,12H,2-7H2,1H3,(H,13,16);1H. The second-order valence-electron chi connectivity index (χ2n) is 4.14. The van der Waals surface area contributed by atoms with Crippen LogP contribution >= 0.6 is 35.5 Å². The molecular weight excluding hydrogens is 320 g/mol. The maximum Gasteiger partial charge on any atom is 0.250 e. The summed E-state index contributed by atoms with van der Waals surface area (Å²) < 4.78 is 6.36. The van der Waals surface area contributed by atoms with Crippen molar-refractivity contribution in [3.8, 4) is 0 Å². The number of rotatable bonds is 6. The van der Waals surface area contributed by atoms with Gasteiger partial charge in [0.15, 0.2) is 4.34 Å². The van der Waals surface area contributed by atoms with Crippen LogP contribution < -0.4 is 10.6 Å². The zero-order valence-electron chi connectivity index (χ0n) is 11.3. The van der Waals surface area contributed by atoms with Gasteiger partial charge in [-0.2, -0.15) is 0 Å². The predicted molar refractivity (Wildman–Crippen MR) is 82.9 cm³/mol. The fourth-order valence-corrected chi connectivity index (χ4v) is 3.45. The van der Waals surface area contributed by atoms with Crippen LogP contribution in [0, 0.1) is 6.92 Å². The van der Waals surface area contributed by atoms with E-state index in [9.17, 15) is 4.79 Å². The lowest BCUT2D eigenvalue weighted by molar-refractivity contribution is -0.134. The number of aryl methyl sites for hydroxylation is 1. The van der Waals surface area contributed by atoms with Gasteiger partial charge in [0, 0.05) is 25.4 Å². The van der Waals surface area contributed by atoms with Crippen LogP contribution in [0.3, 0.4) is 0 Å². The Kier molecular flexibility index (Phi) is 8.39. The quantitative estimate of drug-likeness (QED) is 0.591. The number of amides is 1. The molecule has 0 spiro atoms. The minimum atomic E-state index is -0.341. The topological polar surface area (TPSA) is 76.1 Å². The monoisotopic (exact) mass is 338 g/mol. The van der Waals surface area contributed by atoms with E-state index in [1.807, 2.05) is 6.92 Å². The molecule has 1 atom stereocenters. The summed E-state index contributed by atoms with van der Waals surface area (Å²) in [5.74, 6) is 0.905. The molecule has 1 aliphatic rings. The lowest BCUT2D eigenvalue weighted by Gasteiger charge is -2.22. The molecule has 2 heterocycles. The summed E-state index contributed by atoms with van der Waals surface area (Å²) in [6.45, 7) is 4.64. The van der Waals surface area contributed by atoms with Gasteiger partial charge in [0.25, 0.3) is 0 Å². The first-order chi connectivity index (χ1) is 9.25. The van der Waals surface area contributed by atoms with Gasteiger partial charge in [-0.05, 0) is 13.3 Å². The molecule has 6 nitrogen and oxygen atoms in total. The third kappa shape index (κ3) is 5.92. The molecule has 0 bridgehead atoms. The van der Waals surface area contributed by atoms with Gasteiger partial charge < -0.3 is 15.4 Å². The summed E-state index contributed by atoms with van der Waals surface area (Å²) in [6.07, 6.45) is 0.571. The Morgan fingerprint density at radius 2 is 2.45 bits per heavy atom. The van der Waals surface area contributed by atoms with Crippen molar-refractivity contribution < 1.29 is 9.53 Å². The van der Waals surface area contributed by atoms with Crippen molar-refractivity contribution in [2.24, 2.45) is 0 Å². The van der Waals surface area contributed by atoms with Gasteiger partial charge in [0.05, 0.1) is 6.61 Å². The number of carbonyl (C=O) groups excluding carboxylic acids is 1. The molecule has 1 aliphatic heterocycles. The second kappa shape index (κ2) is 9.51. The highest BCUT2D eigenvalue weighted by Gasteiger charge is 2.20. The minimum absolute atomic E-state index is 0. The van der Waals surface area contributed by atoms with Gasteiger partial charge in [0.2, 0.25) is 5.91 Å². The molecule has 0 aliphatic carbocycles. The van der Waals surface area contributed by atoms with E-state index < -0.39 is 0 Å². The van der Waals surface area contributed by atoms with E-state index in [1.54, 1.807) is 23.1 Å². The zero-order chi connectivity index (χ0) is 13.5. The molecule has 20 heavy (non-hydrogen) atoms. The number of nitrogens with one attached hydrogen (secondary N) is 2. The Balaban J connectivity index is 0.00000200. The van der Waals surface area contributed by atoms with Crippen LogP contribution in [0.4, 0.5) is 0 Å². The molecule has 1 aromatic rings. The number of ether oxygens (including phenoxy) is 1. The van der Waals surface area contributed by atoms with E-state index in [0.29, 0.717) is 19.7 Å². The van der Waals surface area contributed by atoms with Crippen LogP contribution in [-0.4, -0.2) is 54.2 Å². The third-order valence-electron chi connectivity index (χ3n) is 2.57. The Morgan fingerprint density at radius 3 is 3.10 bits per heavy atom. The van der Waals surface area contributed by atoms with E-state index in [-0.39, 0.29) is 24.4 Å². The number of hydrogen-bond acceptors (Lipinski definition) is 7. The van der Waals surface area contributed by atoms with Crippen LogP contribution in [0.5, 0.6) is 0 Å². The van der Waals surface area contributed by atoms with E-state index in [2.05, 4.69) is 20.8 Å². The Bertz CT molecular complexity index is 413. The highest BCUT2D eigenvalue weighted by Crippen LogP contribution is 2.21. The maximum atomic E-state index is 11.7. The molecule has 2 rings (SSSR count). The van der Waals surface area contributed by atoms with Gasteiger partial charge >= 0.3 is 0 Å². The highest BCUT2D eigenvalue weighted by atomic mass is 35.5. The Hall–Kier alpha value is -0.410. The fraction of sp³-hybridized carbons (Fsp3) is 0.727. The van der Waals surface area contributed by atoms with Gasteiger partial charge in [0.1, 0.15) is 11.1 Å². The van der Waals surface area contributed by atoms with Crippen LogP contribution in [-0.2, 0) is 9.53 Å². The molecule has 1 saturated heterocycles. The number of thioether (sulfide) groups is 1. The van der Waals surface area contributed by atoms with Gasteiger partial charge in [-0.3, -0.25) is 4.79 Å². The Labute approximate surface area is 132 Å². The molecule has 0 radical (unpaired) electrons. The Morgan fingerprint density at radius 1 is 1.60 bits per heavy atom. The number of hydrogen-bond donors (Lipinski definition) is 2. The highest BCUT2D eigenvalue weighted by molar-refractivity contribution is 8.01. The summed E-state index contributed by atoms with van der Waals surface area (Å²) in [5, 5.41) is 15.0. The molecule has 0 saturated carbocycles.